The summed E-state index contributed by atoms with van der Waals surface area (Å²) in [4.78, 5) is 0. The van der Waals surface area contributed by atoms with E-state index in [0.717, 1.165) is 6.42 Å². The lowest BCUT2D eigenvalue weighted by atomic mass is 10.2. The van der Waals surface area contributed by atoms with E-state index >= 15 is 0 Å². The van der Waals surface area contributed by atoms with Crippen LogP contribution in [0.25, 0.3) is 0 Å². The van der Waals surface area contributed by atoms with E-state index in [1.54, 1.807) is 0 Å². The molecular formula is C9H15. The Morgan fingerprint density at radius 2 is 2.00 bits per heavy atom. The molecule has 0 aromatic heterocycles. The number of unbranched alkanes of at least 4 members (excludes halogenated alkanes) is 3. The molecule has 0 aliphatic rings. The third-order valence-corrected chi connectivity index (χ3v) is 1.14. The zero-order chi connectivity index (χ0) is 6.95. The van der Waals surface area contributed by atoms with E-state index in [1.165, 1.54) is 19.3 Å². The summed E-state index contributed by atoms with van der Waals surface area (Å²) in [7, 11) is 0. The molecule has 0 saturated heterocycles. The summed E-state index contributed by atoms with van der Waals surface area (Å²) in [6.07, 6.45) is 10.7. The third kappa shape index (κ3) is 7.48. The molecule has 0 bridgehead atoms. The van der Waals surface area contributed by atoms with Crippen LogP contribution in [-0.4, -0.2) is 0 Å². The van der Waals surface area contributed by atoms with Crippen molar-refractivity contribution in [2.24, 2.45) is 0 Å². The van der Waals surface area contributed by atoms with Gasteiger partial charge in [0, 0.05) is 0 Å². The van der Waals surface area contributed by atoms with Gasteiger partial charge in [-0.15, -0.1) is 0 Å². The van der Waals surface area contributed by atoms with E-state index in [4.69, 9.17) is 0 Å². The predicted octanol–water partition coefficient (Wildman–Crippen LogP) is 3.12. The summed E-state index contributed by atoms with van der Waals surface area (Å²) in [6.45, 7) is 7.34. The van der Waals surface area contributed by atoms with Crippen LogP contribution >= 0.6 is 0 Å². The van der Waals surface area contributed by atoms with E-state index in [1.807, 2.05) is 12.2 Å². The van der Waals surface area contributed by atoms with Gasteiger partial charge in [-0.05, 0) is 12.8 Å². The Hall–Kier alpha value is -0.520. The molecule has 0 nitrogen and oxygen atoms in total. The van der Waals surface area contributed by atoms with Gasteiger partial charge in [-0.3, -0.25) is 0 Å². The summed E-state index contributed by atoms with van der Waals surface area (Å²) in [5, 5.41) is 0. The van der Waals surface area contributed by atoms with E-state index in [2.05, 4.69) is 19.6 Å². The summed E-state index contributed by atoms with van der Waals surface area (Å²) < 4.78 is 0. The zero-order valence-electron chi connectivity index (χ0n) is 5.97. The number of allylic oxidation sites excluding steroid dienone is 3. The molecule has 0 aliphatic heterocycles. The van der Waals surface area contributed by atoms with Gasteiger partial charge in [0.2, 0.25) is 0 Å². The van der Waals surface area contributed by atoms with Crippen molar-refractivity contribution in [1.82, 2.24) is 0 Å². The Morgan fingerprint density at radius 3 is 2.56 bits per heavy atom. The maximum absolute atomic E-state index is 3.76. The van der Waals surface area contributed by atoms with Gasteiger partial charge in [-0.1, -0.05) is 44.6 Å². The van der Waals surface area contributed by atoms with Crippen molar-refractivity contribution in [1.29, 1.82) is 0 Å². The molecule has 0 aromatic rings. The zero-order valence-corrected chi connectivity index (χ0v) is 5.97. The first-order valence-corrected chi connectivity index (χ1v) is 3.48. The molecule has 51 valence electrons. The molecule has 9 heavy (non-hydrogen) atoms. The smallest absolute Gasteiger partial charge is 0.0348 e. The highest BCUT2D eigenvalue weighted by molar-refractivity contribution is 4.96. The summed E-state index contributed by atoms with van der Waals surface area (Å²) in [6, 6.07) is 0. The van der Waals surface area contributed by atoms with Crippen molar-refractivity contribution in [2.45, 2.75) is 25.7 Å². The Balaban J connectivity index is 2.90. The molecule has 0 N–H and O–H groups in total. The Kier molecular flexibility index (Phi) is 7.05. The third-order valence-electron chi connectivity index (χ3n) is 1.14. The Labute approximate surface area is 58.3 Å². The highest BCUT2D eigenvalue weighted by Gasteiger charge is 1.79. The number of hydrogen-bond donors (Lipinski definition) is 0. The molecule has 0 unspecified atom stereocenters. The fourth-order valence-corrected chi connectivity index (χ4v) is 0.631. The van der Waals surface area contributed by atoms with Crippen molar-refractivity contribution in [3.8, 4) is 0 Å². The first-order valence-electron chi connectivity index (χ1n) is 3.48. The molecule has 0 heteroatoms. The van der Waals surface area contributed by atoms with Gasteiger partial charge in [-0.25, -0.2) is 0 Å². The van der Waals surface area contributed by atoms with Crippen LogP contribution in [0.3, 0.4) is 0 Å². The molecule has 0 aromatic carbocycles. The standard InChI is InChI=1S/C9H15/c1-3-5-7-9-8-6-4-2/h3,5,7H,1-2,4,6,8-9H2/b7-5+. The van der Waals surface area contributed by atoms with E-state index < -0.39 is 0 Å². The lowest BCUT2D eigenvalue weighted by molar-refractivity contribution is 0.760. The SMILES string of the molecule is [CH2]CCCC/C=C/C=C. The second kappa shape index (κ2) is 7.48. The van der Waals surface area contributed by atoms with E-state index in [0.29, 0.717) is 0 Å². The van der Waals surface area contributed by atoms with Crippen molar-refractivity contribution < 1.29 is 0 Å². The largest absolute Gasteiger partial charge is 0.0991 e. The number of hydrogen-bond acceptors (Lipinski definition) is 0. The second-order valence-electron chi connectivity index (χ2n) is 2.01. The first-order chi connectivity index (χ1) is 4.41. The quantitative estimate of drug-likeness (QED) is 0.389. The molecule has 0 atom stereocenters. The highest BCUT2D eigenvalue weighted by Crippen LogP contribution is 1.98. The van der Waals surface area contributed by atoms with Crippen molar-refractivity contribution >= 4 is 0 Å². The van der Waals surface area contributed by atoms with E-state index in [9.17, 15) is 0 Å². The summed E-state index contributed by atoms with van der Waals surface area (Å²) in [5.41, 5.74) is 0. The Bertz CT molecular complexity index is 80.0. The van der Waals surface area contributed by atoms with Crippen LogP contribution in [0.15, 0.2) is 24.8 Å². The fourth-order valence-electron chi connectivity index (χ4n) is 0.631. The van der Waals surface area contributed by atoms with Crippen molar-refractivity contribution in [3.63, 3.8) is 0 Å². The molecule has 0 amide bonds. The number of rotatable bonds is 5. The molecule has 0 heterocycles. The average molecular weight is 123 g/mol. The Morgan fingerprint density at radius 1 is 1.22 bits per heavy atom. The lowest BCUT2D eigenvalue weighted by Crippen LogP contribution is -1.69. The van der Waals surface area contributed by atoms with Gasteiger partial charge in [0.05, 0.1) is 0 Å². The lowest BCUT2D eigenvalue weighted by Gasteiger charge is -1.89. The predicted molar refractivity (Wildman–Crippen MR) is 43.2 cm³/mol. The van der Waals surface area contributed by atoms with Crippen LogP contribution in [0.1, 0.15) is 25.7 Å². The first kappa shape index (κ1) is 8.48. The molecule has 0 rings (SSSR count). The van der Waals surface area contributed by atoms with Gasteiger partial charge in [0.25, 0.3) is 0 Å². The minimum Gasteiger partial charge on any atom is -0.0991 e. The normalized spacial score (nSPS) is 10.3. The fraction of sp³-hybridized carbons (Fsp3) is 0.444. The maximum Gasteiger partial charge on any atom is -0.0348 e. The molecular weight excluding hydrogens is 108 g/mol. The van der Waals surface area contributed by atoms with Gasteiger partial charge in [-0.2, -0.15) is 0 Å². The van der Waals surface area contributed by atoms with Gasteiger partial charge in [0.15, 0.2) is 0 Å². The molecule has 0 fully saturated rings. The topological polar surface area (TPSA) is 0 Å². The van der Waals surface area contributed by atoms with E-state index in [-0.39, 0.29) is 0 Å². The molecule has 0 saturated carbocycles. The average Bonchev–Trinajstić information content (AvgIpc) is 1.89. The van der Waals surface area contributed by atoms with Gasteiger partial charge in [0.1, 0.15) is 0 Å². The summed E-state index contributed by atoms with van der Waals surface area (Å²) >= 11 is 0. The monoisotopic (exact) mass is 123 g/mol. The van der Waals surface area contributed by atoms with Crippen LogP contribution in [0.2, 0.25) is 0 Å². The van der Waals surface area contributed by atoms with Gasteiger partial charge >= 0.3 is 0 Å². The van der Waals surface area contributed by atoms with Crippen LogP contribution < -0.4 is 0 Å². The van der Waals surface area contributed by atoms with Crippen molar-refractivity contribution in [3.05, 3.63) is 31.7 Å². The van der Waals surface area contributed by atoms with Crippen LogP contribution in [0.4, 0.5) is 0 Å². The highest BCUT2D eigenvalue weighted by atomic mass is 13.8. The minimum absolute atomic E-state index is 1.06. The van der Waals surface area contributed by atoms with Crippen LogP contribution in [-0.2, 0) is 0 Å². The minimum atomic E-state index is 1.06. The molecule has 1 radical (unpaired) electrons. The summed E-state index contributed by atoms with van der Waals surface area (Å²) in [5.74, 6) is 0. The van der Waals surface area contributed by atoms with Gasteiger partial charge < -0.3 is 0 Å². The van der Waals surface area contributed by atoms with Crippen molar-refractivity contribution in [2.75, 3.05) is 0 Å². The van der Waals surface area contributed by atoms with Crippen LogP contribution in [0, 0.1) is 6.92 Å². The molecule has 0 spiro atoms. The second-order valence-corrected chi connectivity index (χ2v) is 2.01. The molecule has 0 aliphatic carbocycles. The van der Waals surface area contributed by atoms with Crippen LogP contribution in [0.5, 0.6) is 0 Å². The maximum atomic E-state index is 3.76.